The molecule has 0 saturated heterocycles. The molecule has 0 amide bonds. The van der Waals surface area contributed by atoms with E-state index in [1.807, 2.05) is 29.6 Å². The standard InChI is InChI=1S/C9H10N2/c1-11-7-9-4-2-8(6-10)3-5-9/h2-5H,1,7,11H2. The Morgan fingerprint density at radius 1 is 1.36 bits per heavy atom. The predicted octanol–water partition coefficient (Wildman–Crippen LogP) is 0.413. The van der Waals surface area contributed by atoms with Gasteiger partial charge in [-0.15, -0.1) is 0 Å². The van der Waals surface area contributed by atoms with Gasteiger partial charge in [0, 0.05) is 5.56 Å². The molecule has 0 saturated carbocycles. The van der Waals surface area contributed by atoms with Crippen molar-refractivity contribution in [3.8, 4) is 6.07 Å². The minimum absolute atomic E-state index is 0.706. The number of nitrogens with two attached hydrogens (primary N) is 1. The van der Waals surface area contributed by atoms with Crippen LogP contribution in [0.1, 0.15) is 11.1 Å². The molecule has 11 heavy (non-hydrogen) atoms. The minimum Gasteiger partial charge on any atom is -0.475 e. The molecule has 0 atom stereocenters. The molecular weight excluding hydrogens is 136 g/mol. The Kier molecular flexibility index (Phi) is 2.65. The molecule has 2 N–H and O–H groups in total. The van der Waals surface area contributed by atoms with Crippen molar-refractivity contribution in [2.24, 2.45) is 0 Å². The zero-order valence-electron chi connectivity index (χ0n) is 6.25. The van der Waals surface area contributed by atoms with Crippen LogP contribution < -0.4 is 5.32 Å². The molecular formula is C9H10N2. The number of benzene rings is 1. The van der Waals surface area contributed by atoms with E-state index in [2.05, 4.69) is 13.1 Å². The van der Waals surface area contributed by atoms with Crippen LogP contribution in [0.15, 0.2) is 24.3 Å². The minimum atomic E-state index is 0.706. The summed E-state index contributed by atoms with van der Waals surface area (Å²) in [5.41, 5.74) is 1.90. The average Bonchev–Trinajstić information content (AvgIpc) is 2.07. The zero-order chi connectivity index (χ0) is 8.10. The summed E-state index contributed by atoms with van der Waals surface area (Å²) in [6.45, 7) is 0.867. The molecule has 2 heteroatoms. The van der Waals surface area contributed by atoms with Gasteiger partial charge in [-0.2, -0.15) is 12.3 Å². The highest BCUT2D eigenvalue weighted by atomic mass is 14.8. The second kappa shape index (κ2) is 3.75. The van der Waals surface area contributed by atoms with E-state index >= 15 is 0 Å². The van der Waals surface area contributed by atoms with Gasteiger partial charge < -0.3 is 5.32 Å². The summed E-state index contributed by atoms with van der Waals surface area (Å²) in [6.07, 6.45) is 0. The van der Waals surface area contributed by atoms with Crippen molar-refractivity contribution in [1.29, 1.82) is 5.26 Å². The topological polar surface area (TPSA) is 40.4 Å². The zero-order valence-corrected chi connectivity index (χ0v) is 6.25. The molecule has 0 bridgehead atoms. The molecule has 0 fully saturated rings. The van der Waals surface area contributed by atoms with Gasteiger partial charge in [-0.3, -0.25) is 0 Å². The molecule has 0 radical (unpaired) electrons. The third kappa shape index (κ3) is 2.06. The highest BCUT2D eigenvalue weighted by Crippen LogP contribution is 2.00. The van der Waals surface area contributed by atoms with Crippen LogP contribution >= 0.6 is 0 Å². The van der Waals surface area contributed by atoms with E-state index in [0.717, 1.165) is 6.54 Å². The summed E-state index contributed by atoms with van der Waals surface area (Å²) in [7, 11) is 3.63. The van der Waals surface area contributed by atoms with Crippen molar-refractivity contribution < 1.29 is 5.32 Å². The van der Waals surface area contributed by atoms with E-state index < -0.39 is 0 Å². The number of quaternary nitrogens is 1. The molecule has 0 heterocycles. The van der Waals surface area contributed by atoms with Gasteiger partial charge in [0.1, 0.15) is 0 Å². The lowest BCUT2D eigenvalue weighted by Gasteiger charge is -1.99. The summed E-state index contributed by atoms with van der Waals surface area (Å²) in [6, 6.07) is 9.60. The van der Waals surface area contributed by atoms with E-state index in [9.17, 15) is 0 Å². The SMILES string of the molecule is [CH2-][NH2+]Cc1ccc(C#N)cc1. The molecule has 0 aromatic heterocycles. The lowest BCUT2D eigenvalue weighted by Crippen LogP contribution is -2.74. The van der Waals surface area contributed by atoms with Gasteiger partial charge in [0.15, 0.2) is 0 Å². The Hall–Kier alpha value is -1.33. The lowest BCUT2D eigenvalue weighted by atomic mass is 10.1. The molecule has 0 unspecified atom stereocenters. The van der Waals surface area contributed by atoms with Crippen LogP contribution in [-0.4, -0.2) is 0 Å². The highest BCUT2D eigenvalue weighted by molar-refractivity contribution is 5.31. The number of hydrogen-bond donors (Lipinski definition) is 1. The van der Waals surface area contributed by atoms with Crippen molar-refractivity contribution in [3.63, 3.8) is 0 Å². The molecule has 1 rings (SSSR count). The Labute approximate surface area is 66.5 Å². The van der Waals surface area contributed by atoms with Crippen LogP contribution in [-0.2, 0) is 6.54 Å². The summed E-state index contributed by atoms with van der Waals surface area (Å²) in [5.74, 6) is 0. The number of rotatable bonds is 2. The van der Waals surface area contributed by atoms with Crippen LogP contribution in [0, 0.1) is 18.4 Å². The first-order valence-corrected chi connectivity index (χ1v) is 3.47. The van der Waals surface area contributed by atoms with Crippen LogP contribution in [0.3, 0.4) is 0 Å². The van der Waals surface area contributed by atoms with Crippen LogP contribution in [0.5, 0.6) is 0 Å². The second-order valence-corrected chi connectivity index (χ2v) is 2.30. The lowest BCUT2D eigenvalue weighted by molar-refractivity contribution is -0.612. The average molecular weight is 146 g/mol. The smallest absolute Gasteiger partial charge is 0.0991 e. The van der Waals surface area contributed by atoms with E-state index in [4.69, 9.17) is 5.26 Å². The fourth-order valence-corrected chi connectivity index (χ4v) is 0.882. The quantitative estimate of drug-likeness (QED) is 0.603. The normalized spacial score (nSPS) is 9.09. The maximum atomic E-state index is 8.49. The predicted molar refractivity (Wildman–Crippen MR) is 42.1 cm³/mol. The maximum absolute atomic E-state index is 8.49. The maximum Gasteiger partial charge on any atom is 0.0991 e. The first-order chi connectivity index (χ1) is 5.36. The Balaban J connectivity index is 2.76. The van der Waals surface area contributed by atoms with Gasteiger partial charge in [0.25, 0.3) is 0 Å². The largest absolute Gasteiger partial charge is 0.475 e. The third-order valence-electron chi connectivity index (χ3n) is 1.46. The van der Waals surface area contributed by atoms with Gasteiger partial charge in [0.05, 0.1) is 18.2 Å². The Morgan fingerprint density at radius 3 is 2.45 bits per heavy atom. The molecule has 0 aliphatic rings. The van der Waals surface area contributed by atoms with Crippen molar-refractivity contribution >= 4 is 0 Å². The van der Waals surface area contributed by atoms with Crippen LogP contribution in [0.4, 0.5) is 0 Å². The summed E-state index contributed by atoms with van der Waals surface area (Å²) < 4.78 is 0. The van der Waals surface area contributed by atoms with E-state index in [1.165, 1.54) is 5.56 Å². The van der Waals surface area contributed by atoms with E-state index in [-0.39, 0.29) is 0 Å². The fourth-order valence-electron chi connectivity index (χ4n) is 0.882. The molecule has 2 nitrogen and oxygen atoms in total. The summed E-state index contributed by atoms with van der Waals surface area (Å²) >= 11 is 0. The van der Waals surface area contributed by atoms with Crippen LogP contribution in [0.25, 0.3) is 0 Å². The Bertz CT molecular complexity index is 256. The van der Waals surface area contributed by atoms with E-state index in [0.29, 0.717) is 5.56 Å². The molecule has 56 valence electrons. The van der Waals surface area contributed by atoms with Gasteiger partial charge in [-0.25, -0.2) is 0 Å². The number of nitriles is 1. The van der Waals surface area contributed by atoms with Gasteiger partial charge in [-0.1, -0.05) is 12.1 Å². The molecule has 0 aliphatic heterocycles. The van der Waals surface area contributed by atoms with E-state index in [1.54, 1.807) is 0 Å². The number of nitrogens with zero attached hydrogens (tertiary/aromatic N) is 1. The van der Waals surface area contributed by atoms with Crippen molar-refractivity contribution in [2.45, 2.75) is 6.54 Å². The monoisotopic (exact) mass is 146 g/mol. The third-order valence-corrected chi connectivity index (χ3v) is 1.46. The number of hydrogen-bond acceptors (Lipinski definition) is 1. The van der Waals surface area contributed by atoms with Crippen molar-refractivity contribution in [2.75, 3.05) is 0 Å². The van der Waals surface area contributed by atoms with Gasteiger partial charge >= 0.3 is 0 Å². The summed E-state index contributed by atoms with van der Waals surface area (Å²) in [4.78, 5) is 0. The Morgan fingerprint density at radius 2 is 2.00 bits per heavy atom. The highest BCUT2D eigenvalue weighted by Gasteiger charge is 1.91. The van der Waals surface area contributed by atoms with Crippen LogP contribution in [0.2, 0.25) is 0 Å². The first kappa shape index (κ1) is 7.77. The molecule has 0 aliphatic carbocycles. The van der Waals surface area contributed by atoms with Gasteiger partial charge in [-0.05, 0) is 12.1 Å². The summed E-state index contributed by atoms with van der Waals surface area (Å²) in [5, 5.41) is 10.3. The molecule has 0 spiro atoms. The second-order valence-electron chi connectivity index (χ2n) is 2.30. The van der Waals surface area contributed by atoms with Crippen molar-refractivity contribution in [3.05, 3.63) is 42.4 Å². The first-order valence-electron chi connectivity index (χ1n) is 3.47. The molecule has 1 aromatic rings. The fraction of sp³-hybridized carbons (Fsp3) is 0.111. The van der Waals surface area contributed by atoms with Gasteiger partial charge in [0.2, 0.25) is 0 Å². The van der Waals surface area contributed by atoms with Crippen molar-refractivity contribution in [1.82, 2.24) is 0 Å². The molecule has 1 aromatic carbocycles.